The van der Waals surface area contributed by atoms with Crippen LogP contribution >= 0.6 is 11.6 Å². The van der Waals surface area contributed by atoms with Gasteiger partial charge in [-0.1, -0.05) is 29.8 Å². The van der Waals surface area contributed by atoms with Gasteiger partial charge in [-0.3, -0.25) is 25.3 Å². The van der Waals surface area contributed by atoms with Crippen molar-refractivity contribution in [3.05, 3.63) is 35.4 Å². The third-order valence-electron chi connectivity index (χ3n) is 3.62. The van der Waals surface area contributed by atoms with Gasteiger partial charge in [0.2, 0.25) is 0 Å². The summed E-state index contributed by atoms with van der Waals surface area (Å²) < 4.78 is 0. The van der Waals surface area contributed by atoms with Gasteiger partial charge in [-0.2, -0.15) is 0 Å². The van der Waals surface area contributed by atoms with E-state index in [-0.39, 0.29) is 17.8 Å². The molecule has 0 aromatic heterocycles. The van der Waals surface area contributed by atoms with E-state index in [4.69, 9.17) is 11.6 Å². The van der Waals surface area contributed by atoms with Gasteiger partial charge in [0.15, 0.2) is 0 Å². The van der Waals surface area contributed by atoms with Crippen molar-refractivity contribution >= 4 is 23.4 Å². The van der Waals surface area contributed by atoms with E-state index in [1.165, 1.54) is 11.1 Å². The summed E-state index contributed by atoms with van der Waals surface area (Å²) >= 11 is 5.37. The third-order valence-corrected chi connectivity index (χ3v) is 3.86. The summed E-state index contributed by atoms with van der Waals surface area (Å²) in [5, 5.41) is 0. The lowest BCUT2D eigenvalue weighted by Gasteiger charge is -2.23. The predicted octanol–water partition coefficient (Wildman–Crippen LogP) is 1.35. The largest absolute Gasteiger partial charge is 0.288 e. The quantitative estimate of drug-likeness (QED) is 0.652. The molecule has 1 saturated heterocycles. The molecule has 1 aromatic rings. The van der Waals surface area contributed by atoms with Gasteiger partial charge in [0.05, 0.1) is 6.04 Å². The molecule has 0 bridgehead atoms. The smallest absolute Gasteiger partial charge is 0.255 e. The van der Waals surface area contributed by atoms with Crippen LogP contribution in [0.1, 0.15) is 24.0 Å². The lowest BCUT2D eigenvalue weighted by Crippen LogP contribution is -2.50. The minimum Gasteiger partial charge on any atom is -0.288 e. The summed E-state index contributed by atoms with van der Waals surface area (Å²) in [7, 11) is 0. The number of benzene rings is 1. The van der Waals surface area contributed by atoms with Crippen LogP contribution < -0.4 is 10.9 Å². The molecule has 0 spiro atoms. The van der Waals surface area contributed by atoms with Crippen LogP contribution in [0.4, 0.5) is 0 Å². The zero-order chi connectivity index (χ0) is 15.2. The van der Waals surface area contributed by atoms with Gasteiger partial charge in [-0.25, -0.2) is 0 Å². The fraction of sp³-hybridized carbons (Fsp3) is 0.467. The summed E-state index contributed by atoms with van der Waals surface area (Å²) in [5.41, 5.74) is 7.15. The van der Waals surface area contributed by atoms with Gasteiger partial charge in [0.25, 0.3) is 11.8 Å². The van der Waals surface area contributed by atoms with Gasteiger partial charge in [0.1, 0.15) is 5.88 Å². The van der Waals surface area contributed by atoms with E-state index in [1.807, 2.05) is 0 Å². The first kappa shape index (κ1) is 15.8. The summed E-state index contributed by atoms with van der Waals surface area (Å²) in [6.07, 6.45) is 1.78. The minimum absolute atomic E-state index is 0.169. The second-order valence-electron chi connectivity index (χ2n) is 5.29. The Hall–Kier alpha value is -1.59. The minimum atomic E-state index is -0.409. The summed E-state index contributed by atoms with van der Waals surface area (Å²) in [4.78, 5) is 25.3. The molecule has 1 aliphatic heterocycles. The van der Waals surface area contributed by atoms with Crippen LogP contribution in [0.3, 0.4) is 0 Å². The number of halogens is 1. The standard InChI is InChI=1S/C15H20ClN3O2/c1-11-4-6-12(7-5-11)10-19-8-2-3-13(19)15(21)18-17-14(20)9-16/h4-7,13H,2-3,8-10H2,1H3,(H,17,20)(H,18,21)/t13-/m1/s1. The number of amides is 2. The molecule has 2 amide bonds. The maximum absolute atomic E-state index is 12.1. The van der Waals surface area contributed by atoms with E-state index in [1.54, 1.807) is 0 Å². The molecule has 1 atom stereocenters. The van der Waals surface area contributed by atoms with Crippen molar-refractivity contribution in [2.45, 2.75) is 32.4 Å². The van der Waals surface area contributed by atoms with Crippen molar-refractivity contribution in [1.82, 2.24) is 15.8 Å². The van der Waals surface area contributed by atoms with Crippen LogP contribution in [-0.4, -0.2) is 35.2 Å². The molecule has 0 unspecified atom stereocenters. The Kier molecular flexibility index (Phi) is 5.59. The van der Waals surface area contributed by atoms with Crippen LogP contribution in [0.5, 0.6) is 0 Å². The number of hydrogen-bond acceptors (Lipinski definition) is 3. The highest BCUT2D eigenvalue weighted by molar-refractivity contribution is 6.27. The Morgan fingerprint density at radius 1 is 1.29 bits per heavy atom. The van der Waals surface area contributed by atoms with Gasteiger partial charge < -0.3 is 0 Å². The van der Waals surface area contributed by atoms with Crippen molar-refractivity contribution in [2.24, 2.45) is 0 Å². The van der Waals surface area contributed by atoms with E-state index < -0.39 is 5.91 Å². The molecule has 21 heavy (non-hydrogen) atoms. The third kappa shape index (κ3) is 4.44. The molecule has 1 heterocycles. The van der Waals surface area contributed by atoms with Crippen molar-refractivity contribution in [3.8, 4) is 0 Å². The lowest BCUT2D eigenvalue weighted by molar-refractivity contribution is -0.130. The Balaban J connectivity index is 1.91. The fourth-order valence-corrected chi connectivity index (χ4v) is 2.56. The maximum Gasteiger partial charge on any atom is 0.255 e. The molecule has 0 saturated carbocycles. The van der Waals surface area contributed by atoms with Crippen LogP contribution in [0, 0.1) is 6.92 Å². The van der Waals surface area contributed by atoms with Crippen molar-refractivity contribution < 1.29 is 9.59 Å². The molecule has 114 valence electrons. The number of hydrazine groups is 1. The number of carbonyl (C=O) groups excluding carboxylic acids is 2. The zero-order valence-electron chi connectivity index (χ0n) is 12.1. The fourth-order valence-electron chi connectivity index (χ4n) is 2.49. The van der Waals surface area contributed by atoms with Crippen LogP contribution in [-0.2, 0) is 16.1 Å². The Morgan fingerprint density at radius 3 is 2.67 bits per heavy atom. The number of nitrogens with zero attached hydrogens (tertiary/aromatic N) is 1. The number of aryl methyl sites for hydroxylation is 1. The van der Waals surface area contributed by atoms with Crippen molar-refractivity contribution in [3.63, 3.8) is 0 Å². The predicted molar refractivity (Wildman–Crippen MR) is 81.6 cm³/mol. The molecule has 1 fully saturated rings. The Labute approximate surface area is 129 Å². The highest BCUT2D eigenvalue weighted by Crippen LogP contribution is 2.20. The lowest BCUT2D eigenvalue weighted by atomic mass is 10.1. The van der Waals surface area contributed by atoms with Gasteiger partial charge >= 0.3 is 0 Å². The first-order chi connectivity index (χ1) is 10.1. The monoisotopic (exact) mass is 309 g/mol. The molecular formula is C15H20ClN3O2. The molecule has 2 N–H and O–H groups in total. The topological polar surface area (TPSA) is 61.4 Å². The average molecular weight is 310 g/mol. The first-order valence-electron chi connectivity index (χ1n) is 7.04. The number of likely N-dealkylation sites (tertiary alicyclic amines) is 1. The van der Waals surface area contributed by atoms with E-state index >= 15 is 0 Å². The second-order valence-corrected chi connectivity index (χ2v) is 5.55. The summed E-state index contributed by atoms with van der Waals surface area (Å²) in [6.45, 7) is 3.67. The average Bonchev–Trinajstić information content (AvgIpc) is 2.95. The number of carbonyl (C=O) groups is 2. The van der Waals surface area contributed by atoms with Crippen LogP contribution in [0.2, 0.25) is 0 Å². The molecule has 1 aliphatic rings. The van der Waals surface area contributed by atoms with Crippen molar-refractivity contribution in [2.75, 3.05) is 12.4 Å². The molecule has 1 aromatic carbocycles. The highest BCUT2D eigenvalue weighted by atomic mass is 35.5. The molecule has 5 nitrogen and oxygen atoms in total. The van der Waals surface area contributed by atoms with Crippen LogP contribution in [0.25, 0.3) is 0 Å². The first-order valence-corrected chi connectivity index (χ1v) is 7.58. The maximum atomic E-state index is 12.1. The number of rotatable bonds is 4. The highest BCUT2D eigenvalue weighted by Gasteiger charge is 2.30. The van der Waals surface area contributed by atoms with E-state index in [0.29, 0.717) is 0 Å². The van der Waals surface area contributed by atoms with E-state index in [9.17, 15) is 9.59 Å². The molecule has 0 aliphatic carbocycles. The van der Waals surface area contributed by atoms with E-state index in [2.05, 4.69) is 46.9 Å². The second kappa shape index (κ2) is 7.43. The Bertz CT molecular complexity index is 504. The molecule has 2 rings (SSSR count). The van der Waals surface area contributed by atoms with Crippen LogP contribution in [0.15, 0.2) is 24.3 Å². The van der Waals surface area contributed by atoms with Gasteiger partial charge in [-0.15, -0.1) is 11.6 Å². The normalized spacial score (nSPS) is 18.5. The SMILES string of the molecule is Cc1ccc(CN2CCC[C@@H]2C(=O)NNC(=O)CCl)cc1. The molecule has 0 radical (unpaired) electrons. The van der Waals surface area contributed by atoms with Crippen molar-refractivity contribution in [1.29, 1.82) is 0 Å². The zero-order valence-corrected chi connectivity index (χ0v) is 12.8. The number of hydrogen-bond donors (Lipinski definition) is 2. The summed E-state index contributed by atoms with van der Waals surface area (Å²) in [6, 6.07) is 8.10. The van der Waals surface area contributed by atoms with Gasteiger partial charge in [-0.05, 0) is 31.9 Å². The Morgan fingerprint density at radius 2 is 2.00 bits per heavy atom. The molecular weight excluding hydrogens is 290 g/mol. The van der Waals surface area contributed by atoms with E-state index in [0.717, 1.165) is 25.9 Å². The number of nitrogens with one attached hydrogen (secondary N) is 2. The summed E-state index contributed by atoms with van der Waals surface area (Å²) in [5.74, 6) is -0.760. The van der Waals surface area contributed by atoms with Gasteiger partial charge in [0, 0.05) is 6.54 Å². The number of alkyl halides is 1. The molecule has 6 heteroatoms.